The summed E-state index contributed by atoms with van der Waals surface area (Å²) in [5, 5.41) is 0. The van der Waals surface area contributed by atoms with Gasteiger partial charge in [-0.2, -0.15) is 0 Å². The molecule has 0 bridgehead atoms. The first-order valence-corrected chi connectivity index (χ1v) is 6.79. The van der Waals surface area contributed by atoms with E-state index in [-0.39, 0.29) is 17.4 Å². The number of alkyl halides is 1. The van der Waals surface area contributed by atoms with Crippen LogP contribution >= 0.6 is 11.6 Å². The molecule has 0 aliphatic carbocycles. The van der Waals surface area contributed by atoms with Crippen LogP contribution in [0.25, 0.3) is 0 Å². The Hall–Kier alpha value is -1.27. The van der Waals surface area contributed by atoms with Crippen molar-refractivity contribution in [3.63, 3.8) is 0 Å². The molecule has 0 aliphatic heterocycles. The zero-order chi connectivity index (χ0) is 12.9. The summed E-state index contributed by atoms with van der Waals surface area (Å²) < 4.78 is 29.6. The summed E-state index contributed by atoms with van der Waals surface area (Å²) in [5.74, 6) is 0.109. The van der Waals surface area contributed by atoms with E-state index in [1.54, 1.807) is 16.9 Å². The van der Waals surface area contributed by atoms with Gasteiger partial charge in [-0.05, 0) is 19.1 Å². The Morgan fingerprint density at radius 3 is 2.47 bits per heavy atom. The van der Waals surface area contributed by atoms with Crippen LogP contribution in [0, 0.1) is 6.92 Å². The summed E-state index contributed by atoms with van der Waals surface area (Å²) in [4.78, 5) is 11.1. The molecule has 1 aromatic carbocycles. The fourth-order valence-electron chi connectivity index (χ4n) is 1.05. The summed E-state index contributed by atoms with van der Waals surface area (Å²) in [5.41, 5.74) is 0.925. The second kappa shape index (κ2) is 5.88. The Morgan fingerprint density at radius 2 is 1.94 bits per heavy atom. The van der Waals surface area contributed by atoms with Crippen LogP contribution in [0.2, 0.25) is 0 Å². The largest absolute Gasteiger partial charge is 0.448 e. The molecule has 0 aliphatic rings. The molecule has 5 nitrogen and oxygen atoms in total. The molecule has 0 unspecified atom stereocenters. The molecule has 17 heavy (non-hydrogen) atoms. The fourth-order valence-corrected chi connectivity index (χ4v) is 2.01. The smallest absolute Gasteiger partial charge is 0.421 e. The van der Waals surface area contributed by atoms with Crippen LogP contribution in [0.5, 0.6) is 0 Å². The fraction of sp³-hybridized carbons (Fsp3) is 0.300. The molecule has 0 saturated carbocycles. The van der Waals surface area contributed by atoms with Crippen molar-refractivity contribution in [1.82, 2.24) is 4.72 Å². The second-order valence-corrected chi connectivity index (χ2v) is 5.30. The predicted molar refractivity (Wildman–Crippen MR) is 63.6 cm³/mol. The maximum Gasteiger partial charge on any atom is 0.421 e. The van der Waals surface area contributed by atoms with Crippen molar-refractivity contribution in [1.29, 1.82) is 0 Å². The Bertz CT molecular complexity index is 484. The summed E-state index contributed by atoms with van der Waals surface area (Å²) in [6.07, 6.45) is -1.04. The summed E-state index contributed by atoms with van der Waals surface area (Å²) in [6, 6.07) is 6.09. The van der Waals surface area contributed by atoms with Crippen LogP contribution in [-0.2, 0) is 14.8 Å². The lowest BCUT2D eigenvalue weighted by Gasteiger charge is -2.07. The molecule has 1 aromatic rings. The highest BCUT2D eigenvalue weighted by atomic mass is 35.5. The van der Waals surface area contributed by atoms with Gasteiger partial charge in [0.15, 0.2) is 0 Å². The van der Waals surface area contributed by atoms with E-state index in [9.17, 15) is 13.2 Å². The van der Waals surface area contributed by atoms with Gasteiger partial charge in [0.2, 0.25) is 0 Å². The highest BCUT2D eigenvalue weighted by Crippen LogP contribution is 2.09. The van der Waals surface area contributed by atoms with Crippen molar-refractivity contribution in [3.05, 3.63) is 29.8 Å². The Kier molecular flexibility index (Phi) is 4.77. The van der Waals surface area contributed by atoms with Gasteiger partial charge in [-0.15, -0.1) is 11.6 Å². The van der Waals surface area contributed by atoms with Crippen LogP contribution < -0.4 is 4.72 Å². The van der Waals surface area contributed by atoms with Crippen LogP contribution in [0.15, 0.2) is 29.2 Å². The number of rotatable bonds is 4. The van der Waals surface area contributed by atoms with Crippen molar-refractivity contribution in [2.75, 3.05) is 12.5 Å². The lowest BCUT2D eigenvalue weighted by molar-refractivity contribution is 0.159. The third-order valence-corrected chi connectivity index (χ3v) is 3.34. The second-order valence-electron chi connectivity index (χ2n) is 3.24. The summed E-state index contributed by atoms with van der Waals surface area (Å²) in [7, 11) is -3.87. The van der Waals surface area contributed by atoms with Gasteiger partial charge in [0, 0.05) is 0 Å². The number of aryl methyl sites for hydroxylation is 1. The van der Waals surface area contributed by atoms with Gasteiger partial charge in [0.1, 0.15) is 6.61 Å². The standard InChI is InChI=1S/C10H12ClNO4S/c1-8-2-4-9(5-3-8)17(14,15)12-10(13)16-7-6-11/h2-5H,6-7H2,1H3,(H,12,13). The first-order chi connectivity index (χ1) is 7.95. The zero-order valence-electron chi connectivity index (χ0n) is 9.14. The molecule has 0 radical (unpaired) electrons. The van der Waals surface area contributed by atoms with E-state index in [0.717, 1.165) is 5.56 Å². The van der Waals surface area contributed by atoms with E-state index in [1.165, 1.54) is 12.1 Å². The highest BCUT2D eigenvalue weighted by molar-refractivity contribution is 7.90. The number of nitrogens with one attached hydrogen (secondary N) is 1. The van der Waals surface area contributed by atoms with Gasteiger partial charge in [0.05, 0.1) is 10.8 Å². The number of hydrogen-bond donors (Lipinski definition) is 1. The molecule has 1 N–H and O–H groups in total. The summed E-state index contributed by atoms with van der Waals surface area (Å²) >= 11 is 5.30. The number of sulfonamides is 1. The normalized spacial score (nSPS) is 10.9. The number of carbonyl (C=O) groups is 1. The molecule has 1 rings (SSSR count). The zero-order valence-corrected chi connectivity index (χ0v) is 10.7. The maximum atomic E-state index is 11.7. The van der Waals surface area contributed by atoms with E-state index in [4.69, 9.17) is 11.6 Å². The SMILES string of the molecule is Cc1ccc(S(=O)(=O)NC(=O)OCCCl)cc1. The molecule has 1 amide bonds. The molecule has 94 valence electrons. The number of carbonyl (C=O) groups excluding carboxylic acids is 1. The van der Waals surface area contributed by atoms with Crippen LogP contribution in [0.3, 0.4) is 0 Å². The third kappa shape index (κ3) is 4.24. The molecule has 0 spiro atoms. The van der Waals surface area contributed by atoms with Crippen LogP contribution in [-0.4, -0.2) is 27.0 Å². The van der Waals surface area contributed by atoms with Crippen LogP contribution in [0.1, 0.15) is 5.56 Å². The van der Waals surface area contributed by atoms with Gasteiger partial charge < -0.3 is 4.74 Å². The third-order valence-electron chi connectivity index (χ3n) is 1.86. The number of hydrogen-bond acceptors (Lipinski definition) is 4. The van der Waals surface area contributed by atoms with E-state index in [2.05, 4.69) is 4.74 Å². The van der Waals surface area contributed by atoms with Crippen molar-refractivity contribution in [2.45, 2.75) is 11.8 Å². The first-order valence-electron chi connectivity index (χ1n) is 4.78. The molecule has 0 heterocycles. The van der Waals surface area contributed by atoms with Crippen molar-refractivity contribution < 1.29 is 17.9 Å². The quantitative estimate of drug-likeness (QED) is 0.850. The van der Waals surface area contributed by atoms with Crippen molar-refractivity contribution in [3.8, 4) is 0 Å². The molecular weight excluding hydrogens is 266 g/mol. The minimum Gasteiger partial charge on any atom is -0.448 e. The van der Waals surface area contributed by atoms with E-state index in [0.29, 0.717) is 0 Å². The molecule has 0 fully saturated rings. The van der Waals surface area contributed by atoms with Crippen LogP contribution in [0.4, 0.5) is 4.79 Å². The maximum absolute atomic E-state index is 11.7. The number of amides is 1. The lowest BCUT2D eigenvalue weighted by atomic mass is 10.2. The minimum atomic E-state index is -3.87. The first kappa shape index (κ1) is 13.8. The number of halogens is 1. The predicted octanol–water partition coefficient (Wildman–Crippen LogP) is 1.65. The number of benzene rings is 1. The molecule has 7 heteroatoms. The Balaban J connectivity index is 2.75. The Labute approximate surface area is 105 Å². The van der Waals surface area contributed by atoms with Crippen molar-refractivity contribution >= 4 is 27.7 Å². The highest BCUT2D eigenvalue weighted by Gasteiger charge is 2.17. The van der Waals surface area contributed by atoms with Gasteiger partial charge in [-0.3, -0.25) is 0 Å². The van der Waals surface area contributed by atoms with Gasteiger partial charge in [0.25, 0.3) is 10.0 Å². The topological polar surface area (TPSA) is 72.5 Å². The van der Waals surface area contributed by atoms with E-state index < -0.39 is 16.1 Å². The van der Waals surface area contributed by atoms with Crippen molar-refractivity contribution in [2.24, 2.45) is 0 Å². The number of ether oxygens (including phenoxy) is 1. The van der Waals surface area contributed by atoms with Gasteiger partial charge in [-0.1, -0.05) is 17.7 Å². The van der Waals surface area contributed by atoms with E-state index in [1.807, 2.05) is 6.92 Å². The molecule has 0 saturated heterocycles. The van der Waals surface area contributed by atoms with Gasteiger partial charge >= 0.3 is 6.09 Å². The average molecular weight is 278 g/mol. The molecular formula is C10H12ClNO4S. The van der Waals surface area contributed by atoms with E-state index >= 15 is 0 Å². The average Bonchev–Trinajstić information content (AvgIpc) is 2.26. The monoisotopic (exact) mass is 277 g/mol. The summed E-state index contributed by atoms with van der Waals surface area (Å²) in [6.45, 7) is 1.79. The van der Waals surface area contributed by atoms with Gasteiger partial charge in [-0.25, -0.2) is 17.9 Å². The molecule has 0 aromatic heterocycles. The minimum absolute atomic E-state index is 0.00548. The molecule has 0 atom stereocenters. The lowest BCUT2D eigenvalue weighted by Crippen LogP contribution is -2.31. The Morgan fingerprint density at radius 1 is 1.35 bits per heavy atom.